The van der Waals surface area contributed by atoms with Gasteiger partial charge in [-0.15, -0.1) is 0 Å². The highest BCUT2D eigenvalue weighted by Gasteiger charge is 2.25. The second-order valence-electron chi connectivity index (χ2n) is 4.47. The molecule has 2 N–H and O–H groups in total. The molecule has 5 nitrogen and oxygen atoms in total. The highest BCUT2D eigenvalue weighted by molar-refractivity contribution is 6.00. The van der Waals surface area contributed by atoms with Gasteiger partial charge in [0.05, 0.1) is 38.0 Å². The van der Waals surface area contributed by atoms with Gasteiger partial charge in [0.15, 0.2) is 5.78 Å². The number of hydrogen-bond donors (Lipinski definition) is 2. The molecule has 1 fully saturated rings. The molecule has 0 radical (unpaired) electrons. The van der Waals surface area contributed by atoms with Crippen molar-refractivity contribution in [3.05, 3.63) is 29.6 Å². The number of morpholine rings is 1. The average molecular weight is 269 g/mol. The Hall–Kier alpha value is -1.50. The molecule has 104 valence electrons. The molecule has 1 unspecified atom stereocenters. The fourth-order valence-corrected chi connectivity index (χ4v) is 2.07. The van der Waals surface area contributed by atoms with Crippen molar-refractivity contribution < 1.29 is 24.1 Å². The van der Waals surface area contributed by atoms with Crippen LogP contribution in [0.2, 0.25) is 0 Å². The van der Waals surface area contributed by atoms with Crippen LogP contribution in [0.3, 0.4) is 0 Å². The number of carbonyl (C=O) groups is 1. The number of aliphatic hydroxyl groups is 1. The number of aliphatic hydroxyl groups excluding tert-OH is 1. The number of phenolic OH excluding ortho intramolecular Hbond substituents is 1. The third-order valence-corrected chi connectivity index (χ3v) is 3.17. The Bertz CT molecular complexity index is 466. The molecule has 0 bridgehead atoms. The molecule has 0 amide bonds. The van der Waals surface area contributed by atoms with Crippen molar-refractivity contribution in [1.82, 2.24) is 4.90 Å². The SMILES string of the molecule is O=C(CN1CCOCC1CO)c1cc(F)ccc1O. The second kappa shape index (κ2) is 6.10. The van der Waals surface area contributed by atoms with Crippen LogP contribution in [-0.2, 0) is 4.74 Å². The van der Waals surface area contributed by atoms with Crippen molar-refractivity contribution in [2.75, 3.05) is 32.9 Å². The van der Waals surface area contributed by atoms with E-state index in [1.165, 1.54) is 0 Å². The van der Waals surface area contributed by atoms with Crippen molar-refractivity contribution in [3.8, 4) is 5.75 Å². The Labute approximate surface area is 110 Å². The molecule has 2 rings (SSSR count). The molecule has 1 aromatic rings. The quantitative estimate of drug-likeness (QED) is 0.775. The van der Waals surface area contributed by atoms with Crippen LogP contribution in [0.25, 0.3) is 0 Å². The molecule has 1 aromatic carbocycles. The third-order valence-electron chi connectivity index (χ3n) is 3.17. The minimum absolute atomic E-state index is 0.0194. The van der Waals surface area contributed by atoms with Gasteiger partial charge in [-0.3, -0.25) is 9.69 Å². The highest BCUT2D eigenvalue weighted by Crippen LogP contribution is 2.19. The summed E-state index contributed by atoms with van der Waals surface area (Å²) in [5, 5.41) is 18.8. The van der Waals surface area contributed by atoms with E-state index < -0.39 is 5.82 Å². The van der Waals surface area contributed by atoms with Gasteiger partial charge in [-0.25, -0.2) is 4.39 Å². The van der Waals surface area contributed by atoms with Gasteiger partial charge in [0.2, 0.25) is 0 Å². The monoisotopic (exact) mass is 269 g/mol. The molecular formula is C13H16FNO4. The number of hydrogen-bond acceptors (Lipinski definition) is 5. The Morgan fingerprint density at radius 3 is 3.05 bits per heavy atom. The van der Waals surface area contributed by atoms with Crippen molar-refractivity contribution >= 4 is 5.78 Å². The van der Waals surface area contributed by atoms with Gasteiger partial charge in [-0.05, 0) is 18.2 Å². The van der Waals surface area contributed by atoms with Crippen molar-refractivity contribution in [1.29, 1.82) is 0 Å². The van der Waals surface area contributed by atoms with Crippen molar-refractivity contribution in [2.45, 2.75) is 6.04 Å². The van der Waals surface area contributed by atoms with Crippen LogP contribution in [-0.4, -0.2) is 59.8 Å². The summed E-state index contributed by atoms with van der Waals surface area (Å²) in [7, 11) is 0. The summed E-state index contributed by atoms with van der Waals surface area (Å²) in [4.78, 5) is 13.8. The normalized spacial score (nSPS) is 20.4. The predicted molar refractivity (Wildman–Crippen MR) is 65.7 cm³/mol. The first-order valence-electron chi connectivity index (χ1n) is 6.06. The van der Waals surface area contributed by atoms with E-state index in [9.17, 15) is 19.4 Å². The Kier molecular flexibility index (Phi) is 4.47. The third kappa shape index (κ3) is 3.28. The van der Waals surface area contributed by atoms with Gasteiger partial charge in [0.25, 0.3) is 0 Å². The summed E-state index contributed by atoms with van der Waals surface area (Å²) in [6.45, 7) is 1.28. The number of ketones is 1. The summed E-state index contributed by atoms with van der Waals surface area (Å²) in [6, 6.07) is 3.03. The van der Waals surface area contributed by atoms with Crippen LogP contribution in [0.4, 0.5) is 4.39 Å². The fraction of sp³-hybridized carbons (Fsp3) is 0.462. The number of phenols is 1. The topological polar surface area (TPSA) is 70.0 Å². The number of rotatable bonds is 4. The number of aromatic hydroxyl groups is 1. The molecule has 1 heterocycles. The van der Waals surface area contributed by atoms with E-state index in [0.29, 0.717) is 19.8 Å². The van der Waals surface area contributed by atoms with E-state index in [4.69, 9.17) is 4.74 Å². The molecular weight excluding hydrogens is 253 g/mol. The van der Waals surface area contributed by atoms with Crippen LogP contribution in [0, 0.1) is 5.82 Å². The van der Waals surface area contributed by atoms with Gasteiger partial charge < -0.3 is 14.9 Å². The first-order valence-corrected chi connectivity index (χ1v) is 6.06. The summed E-state index contributed by atoms with van der Waals surface area (Å²) < 4.78 is 18.3. The highest BCUT2D eigenvalue weighted by atomic mass is 19.1. The van der Waals surface area contributed by atoms with Gasteiger partial charge in [0.1, 0.15) is 11.6 Å². The molecule has 1 saturated heterocycles. The molecule has 0 spiro atoms. The molecule has 0 saturated carbocycles. The van der Waals surface area contributed by atoms with E-state index in [1.807, 2.05) is 0 Å². The molecule has 19 heavy (non-hydrogen) atoms. The zero-order valence-electron chi connectivity index (χ0n) is 10.4. The maximum Gasteiger partial charge on any atom is 0.180 e. The lowest BCUT2D eigenvalue weighted by Gasteiger charge is -2.33. The van der Waals surface area contributed by atoms with Crippen LogP contribution >= 0.6 is 0 Å². The number of benzene rings is 1. The first-order chi connectivity index (χ1) is 9.11. The summed E-state index contributed by atoms with van der Waals surface area (Å²) in [5.41, 5.74) is -0.0387. The smallest absolute Gasteiger partial charge is 0.180 e. The second-order valence-corrected chi connectivity index (χ2v) is 4.47. The zero-order valence-corrected chi connectivity index (χ0v) is 10.4. The molecule has 0 aromatic heterocycles. The van der Waals surface area contributed by atoms with Crippen LogP contribution in [0.1, 0.15) is 10.4 Å². The minimum Gasteiger partial charge on any atom is -0.507 e. The molecule has 0 aliphatic carbocycles. The Balaban J connectivity index is 2.09. The molecule has 1 aliphatic rings. The average Bonchev–Trinajstić information content (AvgIpc) is 2.42. The van der Waals surface area contributed by atoms with E-state index >= 15 is 0 Å². The first kappa shape index (κ1) is 13.9. The zero-order chi connectivity index (χ0) is 13.8. The maximum atomic E-state index is 13.1. The minimum atomic E-state index is -0.568. The van der Waals surface area contributed by atoms with E-state index in [0.717, 1.165) is 18.2 Å². The number of ether oxygens (including phenoxy) is 1. The predicted octanol–water partition coefficient (Wildman–Crippen LogP) is 0.407. The van der Waals surface area contributed by atoms with Crippen LogP contribution in [0.15, 0.2) is 18.2 Å². The maximum absolute atomic E-state index is 13.1. The largest absolute Gasteiger partial charge is 0.507 e. The Morgan fingerprint density at radius 2 is 2.32 bits per heavy atom. The van der Waals surface area contributed by atoms with Crippen LogP contribution in [0.5, 0.6) is 5.75 Å². The van der Waals surface area contributed by atoms with Crippen LogP contribution < -0.4 is 0 Å². The summed E-state index contributed by atoms with van der Waals surface area (Å²) >= 11 is 0. The number of halogens is 1. The molecule has 1 aliphatic heterocycles. The van der Waals surface area contributed by atoms with Gasteiger partial charge in [-0.2, -0.15) is 0 Å². The number of carbonyl (C=O) groups excluding carboxylic acids is 1. The van der Waals surface area contributed by atoms with Crippen molar-refractivity contribution in [3.63, 3.8) is 0 Å². The number of nitrogens with zero attached hydrogens (tertiary/aromatic N) is 1. The fourth-order valence-electron chi connectivity index (χ4n) is 2.07. The lowest BCUT2D eigenvalue weighted by Crippen LogP contribution is -2.49. The summed E-state index contributed by atoms with van der Waals surface area (Å²) in [6.07, 6.45) is 0. The number of Topliss-reactive ketones (excluding diaryl/α,β-unsaturated/α-hetero) is 1. The summed E-state index contributed by atoms with van der Waals surface area (Å²) in [5.74, 6) is -1.18. The van der Waals surface area contributed by atoms with Gasteiger partial charge >= 0.3 is 0 Å². The molecule has 6 heteroatoms. The lowest BCUT2D eigenvalue weighted by atomic mass is 10.1. The van der Waals surface area contributed by atoms with Gasteiger partial charge in [-0.1, -0.05) is 0 Å². The van der Waals surface area contributed by atoms with E-state index in [-0.39, 0.29) is 36.3 Å². The van der Waals surface area contributed by atoms with Crippen molar-refractivity contribution in [2.24, 2.45) is 0 Å². The van der Waals surface area contributed by atoms with E-state index in [2.05, 4.69) is 0 Å². The standard InChI is InChI=1S/C13H16FNO4/c14-9-1-2-12(17)11(5-9)13(18)6-15-3-4-19-8-10(15)7-16/h1-2,5,10,16-17H,3-4,6-8H2. The Morgan fingerprint density at radius 1 is 1.53 bits per heavy atom. The molecule has 1 atom stereocenters. The van der Waals surface area contributed by atoms with Gasteiger partial charge in [0, 0.05) is 6.54 Å². The van der Waals surface area contributed by atoms with E-state index in [1.54, 1.807) is 4.90 Å². The lowest BCUT2D eigenvalue weighted by molar-refractivity contribution is -0.0240.